The van der Waals surface area contributed by atoms with E-state index in [1.54, 1.807) is 37.4 Å². The summed E-state index contributed by atoms with van der Waals surface area (Å²) in [7, 11) is 1.58. The zero-order chi connectivity index (χ0) is 11.4. The van der Waals surface area contributed by atoms with Crippen LogP contribution in [0.4, 0.5) is 0 Å². The number of hydrogen-bond acceptors (Lipinski definition) is 2. The normalized spacial score (nSPS) is 9.88. The van der Waals surface area contributed by atoms with E-state index in [-0.39, 0.29) is 0 Å². The minimum Gasteiger partial charge on any atom is -0.495 e. The lowest BCUT2D eigenvalue weighted by atomic mass is 10.3. The SMILES string of the molecule is COc1ccc(Oc2cc[c]cc2)cc1Cl. The molecule has 2 aromatic carbocycles. The van der Waals surface area contributed by atoms with E-state index in [2.05, 4.69) is 6.07 Å². The van der Waals surface area contributed by atoms with Crippen molar-refractivity contribution >= 4 is 11.6 Å². The van der Waals surface area contributed by atoms with Gasteiger partial charge in [-0.2, -0.15) is 0 Å². The van der Waals surface area contributed by atoms with E-state index >= 15 is 0 Å². The number of hydrogen-bond donors (Lipinski definition) is 0. The van der Waals surface area contributed by atoms with E-state index in [0.717, 1.165) is 5.75 Å². The van der Waals surface area contributed by atoms with Gasteiger partial charge in [0.25, 0.3) is 0 Å². The summed E-state index contributed by atoms with van der Waals surface area (Å²) in [5, 5.41) is 0.530. The van der Waals surface area contributed by atoms with E-state index in [1.807, 2.05) is 12.1 Å². The van der Waals surface area contributed by atoms with Crippen molar-refractivity contribution < 1.29 is 9.47 Å². The summed E-state index contributed by atoms with van der Waals surface area (Å²) in [5.41, 5.74) is 0. The molecule has 0 aliphatic heterocycles. The highest BCUT2D eigenvalue weighted by Crippen LogP contribution is 2.30. The van der Waals surface area contributed by atoms with Crippen molar-refractivity contribution in [2.45, 2.75) is 0 Å². The lowest BCUT2D eigenvalue weighted by Gasteiger charge is -2.07. The molecule has 0 bridgehead atoms. The molecule has 2 rings (SSSR count). The first kappa shape index (κ1) is 10.8. The van der Waals surface area contributed by atoms with Crippen LogP contribution in [0.25, 0.3) is 0 Å². The average Bonchev–Trinajstić information content (AvgIpc) is 2.31. The first-order valence-electron chi connectivity index (χ1n) is 4.77. The molecule has 1 radical (unpaired) electrons. The molecule has 0 N–H and O–H groups in total. The van der Waals surface area contributed by atoms with Gasteiger partial charge in [0.2, 0.25) is 0 Å². The molecular weight excluding hydrogens is 224 g/mol. The Labute approximate surface area is 99.4 Å². The smallest absolute Gasteiger partial charge is 0.137 e. The minimum absolute atomic E-state index is 0.530. The molecule has 0 fully saturated rings. The lowest BCUT2D eigenvalue weighted by molar-refractivity contribution is 0.413. The highest BCUT2D eigenvalue weighted by molar-refractivity contribution is 6.32. The van der Waals surface area contributed by atoms with Crippen LogP contribution in [-0.2, 0) is 0 Å². The maximum absolute atomic E-state index is 5.98. The molecule has 81 valence electrons. The Bertz CT molecular complexity index is 469. The van der Waals surface area contributed by atoms with Crippen LogP contribution in [0.2, 0.25) is 5.02 Å². The van der Waals surface area contributed by atoms with Crippen molar-refractivity contribution in [3.05, 3.63) is 53.6 Å². The van der Waals surface area contributed by atoms with Crippen molar-refractivity contribution in [1.29, 1.82) is 0 Å². The summed E-state index contributed by atoms with van der Waals surface area (Å²) in [5.74, 6) is 2.06. The standard InChI is InChI=1S/C13H10ClO2/c1-15-13-8-7-11(9-12(13)14)16-10-5-3-2-4-6-10/h3-9H,1H3. The number of ether oxygens (including phenoxy) is 2. The van der Waals surface area contributed by atoms with E-state index < -0.39 is 0 Å². The van der Waals surface area contributed by atoms with Gasteiger partial charge in [-0.1, -0.05) is 23.7 Å². The summed E-state index contributed by atoms with van der Waals surface area (Å²) in [4.78, 5) is 0. The molecule has 0 heterocycles. The van der Waals surface area contributed by atoms with Crippen molar-refractivity contribution in [2.75, 3.05) is 7.11 Å². The number of halogens is 1. The largest absolute Gasteiger partial charge is 0.495 e. The van der Waals surface area contributed by atoms with Gasteiger partial charge in [0.05, 0.1) is 12.1 Å². The van der Waals surface area contributed by atoms with Crippen LogP contribution < -0.4 is 9.47 Å². The Kier molecular flexibility index (Phi) is 3.32. The molecule has 0 spiro atoms. The van der Waals surface area contributed by atoms with Gasteiger partial charge >= 0.3 is 0 Å². The summed E-state index contributed by atoms with van der Waals surface area (Å²) in [6.07, 6.45) is 0. The first-order chi connectivity index (χ1) is 7.79. The summed E-state index contributed by atoms with van der Waals surface area (Å²) in [6.45, 7) is 0. The summed E-state index contributed by atoms with van der Waals surface area (Å²) in [6, 6.07) is 15.5. The van der Waals surface area contributed by atoms with Gasteiger partial charge in [0, 0.05) is 6.07 Å². The van der Waals surface area contributed by atoms with Gasteiger partial charge in [-0.15, -0.1) is 0 Å². The first-order valence-corrected chi connectivity index (χ1v) is 5.15. The molecule has 0 saturated carbocycles. The van der Waals surface area contributed by atoms with Crippen LogP contribution in [0.5, 0.6) is 17.2 Å². The Morgan fingerprint density at radius 2 is 1.81 bits per heavy atom. The van der Waals surface area contributed by atoms with Crippen molar-refractivity contribution in [3.63, 3.8) is 0 Å². The molecule has 0 unspecified atom stereocenters. The van der Waals surface area contributed by atoms with Crippen LogP contribution in [0.15, 0.2) is 42.5 Å². The molecular formula is C13H10ClO2. The van der Waals surface area contributed by atoms with Gasteiger partial charge in [-0.25, -0.2) is 0 Å². The van der Waals surface area contributed by atoms with Gasteiger partial charge in [0.1, 0.15) is 17.2 Å². The fourth-order valence-electron chi connectivity index (χ4n) is 1.29. The van der Waals surface area contributed by atoms with E-state index in [9.17, 15) is 0 Å². The maximum Gasteiger partial charge on any atom is 0.137 e. The van der Waals surface area contributed by atoms with Crippen LogP contribution >= 0.6 is 11.6 Å². The molecule has 16 heavy (non-hydrogen) atoms. The molecule has 2 nitrogen and oxygen atoms in total. The van der Waals surface area contributed by atoms with Gasteiger partial charge in [0.15, 0.2) is 0 Å². The Morgan fingerprint density at radius 3 is 2.44 bits per heavy atom. The fourth-order valence-corrected chi connectivity index (χ4v) is 1.53. The van der Waals surface area contributed by atoms with E-state index in [1.165, 1.54) is 0 Å². The minimum atomic E-state index is 0.530. The van der Waals surface area contributed by atoms with Crippen LogP contribution in [0.1, 0.15) is 0 Å². The summed E-state index contributed by atoms with van der Waals surface area (Å²) < 4.78 is 10.7. The third-order valence-electron chi connectivity index (χ3n) is 2.05. The lowest BCUT2D eigenvalue weighted by Crippen LogP contribution is -1.86. The Balaban J connectivity index is 2.20. The Morgan fingerprint density at radius 1 is 1.06 bits per heavy atom. The molecule has 0 aliphatic carbocycles. The molecule has 0 atom stereocenters. The Hall–Kier alpha value is -1.67. The number of benzene rings is 2. The predicted molar refractivity (Wildman–Crippen MR) is 63.4 cm³/mol. The fraction of sp³-hybridized carbons (Fsp3) is 0.0769. The van der Waals surface area contributed by atoms with Crippen molar-refractivity contribution in [3.8, 4) is 17.2 Å². The zero-order valence-corrected chi connectivity index (χ0v) is 9.49. The molecule has 0 saturated heterocycles. The predicted octanol–water partition coefficient (Wildman–Crippen LogP) is 3.94. The monoisotopic (exact) mass is 233 g/mol. The highest BCUT2D eigenvalue weighted by atomic mass is 35.5. The molecule has 3 heteroatoms. The average molecular weight is 234 g/mol. The quantitative estimate of drug-likeness (QED) is 0.800. The zero-order valence-electron chi connectivity index (χ0n) is 8.74. The second-order valence-corrected chi connectivity index (χ2v) is 3.54. The third-order valence-corrected chi connectivity index (χ3v) is 2.34. The van der Waals surface area contributed by atoms with Gasteiger partial charge in [-0.3, -0.25) is 0 Å². The van der Waals surface area contributed by atoms with Crippen molar-refractivity contribution in [2.24, 2.45) is 0 Å². The van der Waals surface area contributed by atoms with Gasteiger partial charge in [-0.05, 0) is 30.3 Å². The van der Waals surface area contributed by atoms with Crippen LogP contribution in [-0.4, -0.2) is 7.11 Å². The molecule has 0 amide bonds. The third kappa shape index (κ3) is 2.47. The maximum atomic E-state index is 5.98. The van der Waals surface area contributed by atoms with Gasteiger partial charge < -0.3 is 9.47 Å². The van der Waals surface area contributed by atoms with Crippen LogP contribution in [0, 0.1) is 6.07 Å². The van der Waals surface area contributed by atoms with E-state index in [4.69, 9.17) is 21.1 Å². The second kappa shape index (κ2) is 4.90. The van der Waals surface area contributed by atoms with Crippen molar-refractivity contribution in [1.82, 2.24) is 0 Å². The van der Waals surface area contributed by atoms with Crippen LogP contribution in [0.3, 0.4) is 0 Å². The molecule has 0 aromatic heterocycles. The second-order valence-electron chi connectivity index (χ2n) is 3.13. The van der Waals surface area contributed by atoms with E-state index in [0.29, 0.717) is 16.5 Å². The highest BCUT2D eigenvalue weighted by Gasteiger charge is 2.03. The molecule has 0 aliphatic rings. The number of methoxy groups -OCH3 is 1. The summed E-state index contributed by atoms with van der Waals surface area (Å²) >= 11 is 5.98. The number of rotatable bonds is 3. The molecule has 2 aromatic rings. The topological polar surface area (TPSA) is 18.5 Å².